The average Bonchev–Trinajstić information content (AvgIpc) is 2.63. The molecule has 2 aromatic carbocycles. The summed E-state index contributed by atoms with van der Waals surface area (Å²) in [6, 6.07) is 10.3. The number of amides is 3. The lowest BCUT2D eigenvalue weighted by molar-refractivity contribution is -0.253. The van der Waals surface area contributed by atoms with Gasteiger partial charge in [-0.2, -0.15) is 13.2 Å². The Labute approximate surface area is 184 Å². The zero-order valence-electron chi connectivity index (χ0n) is 16.2. The number of benzene rings is 2. The van der Waals surface area contributed by atoms with Crippen molar-refractivity contribution in [3.8, 4) is 0 Å². The monoisotopic (exact) mass is 475 g/mol. The van der Waals surface area contributed by atoms with Gasteiger partial charge in [-0.25, -0.2) is 4.79 Å². The third-order valence-corrected chi connectivity index (χ3v) is 5.26. The van der Waals surface area contributed by atoms with Crippen LogP contribution in [-0.2, 0) is 14.3 Å². The zero-order valence-corrected chi connectivity index (χ0v) is 17.7. The van der Waals surface area contributed by atoms with E-state index >= 15 is 0 Å². The molecule has 2 aromatic rings. The summed E-state index contributed by atoms with van der Waals surface area (Å²) in [7, 11) is 0. The van der Waals surface area contributed by atoms with Gasteiger partial charge in [-0.1, -0.05) is 35.5 Å². The molecule has 0 saturated heterocycles. The maximum Gasteiger partial charge on any atom is 0.437 e. The van der Waals surface area contributed by atoms with Crippen molar-refractivity contribution in [1.29, 1.82) is 0 Å². The molecular weight excluding hydrogens is 459 g/mol. The number of carbonyl (C=O) groups is 3. The highest BCUT2D eigenvalue weighted by atomic mass is 35.5. The number of rotatable bonds is 6. The highest BCUT2D eigenvalue weighted by molar-refractivity contribution is 7.99. The molecule has 166 valence electrons. The summed E-state index contributed by atoms with van der Waals surface area (Å²) in [5.74, 6) is -2.87. The highest BCUT2D eigenvalue weighted by Crippen LogP contribution is 2.38. The molecule has 0 unspecified atom stereocenters. The molecule has 4 N–H and O–H groups in total. The van der Waals surface area contributed by atoms with Crippen LogP contribution in [0.4, 0.5) is 29.3 Å². The molecule has 31 heavy (non-hydrogen) atoms. The summed E-state index contributed by atoms with van der Waals surface area (Å²) in [6.45, 7) is 1.21. The van der Waals surface area contributed by atoms with Gasteiger partial charge in [0.05, 0.1) is 16.4 Å². The number of halogens is 4. The predicted molar refractivity (Wildman–Crippen MR) is 110 cm³/mol. The Morgan fingerprint density at radius 1 is 1.06 bits per heavy atom. The number of anilines is 2. The topological polar surface area (TPSA) is 111 Å². The van der Waals surface area contributed by atoms with Crippen LogP contribution in [0.5, 0.6) is 0 Å². The van der Waals surface area contributed by atoms with Crippen molar-refractivity contribution < 1.29 is 32.3 Å². The van der Waals surface area contributed by atoms with E-state index in [2.05, 4.69) is 10.1 Å². The lowest BCUT2D eigenvalue weighted by atomic mass is 10.0. The Hall–Kier alpha value is -2.92. The molecule has 0 saturated carbocycles. The fourth-order valence-corrected chi connectivity index (χ4v) is 3.58. The molecule has 0 heterocycles. The summed E-state index contributed by atoms with van der Waals surface area (Å²) in [5, 5.41) is 4.46. The average molecular weight is 476 g/mol. The minimum absolute atomic E-state index is 0.0500. The number of hydrogen-bond donors (Lipinski definition) is 3. The number of ether oxygens (including phenoxy) is 1. The number of primary amides is 1. The number of para-hydroxylation sites is 1. The van der Waals surface area contributed by atoms with E-state index in [4.69, 9.17) is 17.3 Å². The largest absolute Gasteiger partial charge is 0.439 e. The highest BCUT2D eigenvalue weighted by Gasteiger charge is 2.60. The molecule has 0 bridgehead atoms. The van der Waals surface area contributed by atoms with Crippen LogP contribution in [0, 0.1) is 0 Å². The second kappa shape index (κ2) is 9.48. The van der Waals surface area contributed by atoms with Crippen LogP contribution in [0.1, 0.15) is 13.8 Å². The number of alkyl halides is 3. The van der Waals surface area contributed by atoms with Crippen molar-refractivity contribution >= 4 is 52.6 Å². The van der Waals surface area contributed by atoms with Gasteiger partial charge in [0.25, 0.3) is 11.5 Å². The van der Waals surface area contributed by atoms with Gasteiger partial charge in [0.1, 0.15) is 0 Å². The van der Waals surface area contributed by atoms with Gasteiger partial charge in [0.15, 0.2) is 0 Å². The van der Waals surface area contributed by atoms with Crippen molar-refractivity contribution in [3.63, 3.8) is 0 Å². The summed E-state index contributed by atoms with van der Waals surface area (Å²) in [5.41, 5.74) is 2.09. The van der Waals surface area contributed by atoms with Crippen molar-refractivity contribution in [2.24, 2.45) is 5.73 Å². The van der Waals surface area contributed by atoms with E-state index in [1.165, 1.54) is 30.0 Å². The molecule has 1 atom stereocenters. The van der Waals surface area contributed by atoms with Crippen molar-refractivity contribution in [1.82, 2.24) is 0 Å². The first kappa shape index (κ1) is 24.4. The molecule has 0 aliphatic carbocycles. The Bertz CT molecular complexity index is 1020. The van der Waals surface area contributed by atoms with Crippen molar-refractivity contribution in [3.05, 3.63) is 47.5 Å². The van der Waals surface area contributed by atoms with Crippen molar-refractivity contribution in [2.45, 2.75) is 35.4 Å². The first-order valence-electron chi connectivity index (χ1n) is 8.54. The van der Waals surface area contributed by atoms with E-state index in [0.29, 0.717) is 22.4 Å². The van der Waals surface area contributed by atoms with Gasteiger partial charge in [0.2, 0.25) is 0 Å². The van der Waals surface area contributed by atoms with Crippen LogP contribution in [0.25, 0.3) is 0 Å². The van der Waals surface area contributed by atoms with E-state index < -0.39 is 29.7 Å². The number of urea groups is 1. The van der Waals surface area contributed by atoms with Gasteiger partial charge < -0.3 is 21.1 Å². The van der Waals surface area contributed by atoms with Gasteiger partial charge in [0, 0.05) is 16.7 Å². The number of nitrogens with two attached hydrogens (primary N) is 1. The summed E-state index contributed by atoms with van der Waals surface area (Å²) < 4.78 is 44.3. The summed E-state index contributed by atoms with van der Waals surface area (Å²) >= 11 is 7.33. The minimum Gasteiger partial charge on any atom is -0.439 e. The molecule has 0 fully saturated rings. The van der Waals surface area contributed by atoms with Crippen LogP contribution < -0.4 is 16.4 Å². The number of hydrogen-bond acceptors (Lipinski definition) is 5. The third-order valence-electron chi connectivity index (χ3n) is 3.88. The van der Waals surface area contributed by atoms with Crippen LogP contribution in [0.2, 0.25) is 5.02 Å². The molecule has 0 aliphatic rings. The van der Waals surface area contributed by atoms with E-state index in [-0.39, 0.29) is 10.7 Å². The van der Waals surface area contributed by atoms with E-state index in [1.807, 2.05) is 5.32 Å². The van der Waals surface area contributed by atoms with Crippen LogP contribution in [0.3, 0.4) is 0 Å². The van der Waals surface area contributed by atoms with Crippen LogP contribution >= 0.6 is 23.4 Å². The van der Waals surface area contributed by atoms with Gasteiger partial charge >= 0.3 is 18.2 Å². The Morgan fingerprint density at radius 3 is 2.26 bits per heavy atom. The maximum atomic E-state index is 13.3. The minimum atomic E-state index is -5.15. The number of esters is 1. The predicted octanol–water partition coefficient (Wildman–Crippen LogP) is 4.80. The molecule has 2 rings (SSSR count). The van der Waals surface area contributed by atoms with Crippen LogP contribution in [-0.4, -0.2) is 29.7 Å². The molecule has 0 aliphatic heterocycles. The van der Waals surface area contributed by atoms with E-state index in [1.54, 1.807) is 24.3 Å². The second-order valence-electron chi connectivity index (χ2n) is 6.31. The quantitative estimate of drug-likeness (QED) is 0.519. The van der Waals surface area contributed by atoms with Gasteiger partial charge in [-0.15, -0.1) is 0 Å². The molecule has 12 heteroatoms. The lowest BCUT2D eigenvalue weighted by Crippen LogP contribution is -2.55. The summed E-state index contributed by atoms with van der Waals surface area (Å²) in [4.78, 5) is 35.7. The summed E-state index contributed by atoms with van der Waals surface area (Å²) in [6.07, 6.45) is -5.15. The molecule has 7 nitrogen and oxygen atoms in total. The number of carbonyl (C=O) groups excluding carboxylic acids is 3. The van der Waals surface area contributed by atoms with Gasteiger partial charge in [-0.05, 0) is 37.3 Å². The maximum absolute atomic E-state index is 13.3. The molecule has 3 amide bonds. The fraction of sp³-hybridized carbons (Fsp3) is 0.211. The normalized spacial score (nSPS) is 13.1. The Balaban J connectivity index is 2.24. The molecule has 0 radical (unpaired) electrons. The van der Waals surface area contributed by atoms with E-state index in [0.717, 1.165) is 6.92 Å². The first-order valence-corrected chi connectivity index (χ1v) is 9.73. The van der Waals surface area contributed by atoms with Crippen molar-refractivity contribution in [2.75, 3.05) is 10.6 Å². The third kappa shape index (κ3) is 6.05. The molecule has 0 spiro atoms. The smallest absolute Gasteiger partial charge is 0.437 e. The fourth-order valence-electron chi connectivity index (χ4n) is 2.34. The molecule has 0 aromatic heterocycles. The standard InChI is InChI=1S/C19H17ClF3N3O4S/c1-10(27)30-18(2,19(21,22)23)16(28)25-13-8-7-11(9-12(13)20)31-15-6-4-3-5-14(15)26-17(24)29/h3-9H,1-2H3,(H,25,28)(H3,24,26,29)/t18-/m1/s1. The van der Waals surface area contributed by atoms with E-state index in [9.17, 15) is 27.6 Å². The second-order valence-corrected chi connectivity index (χ2v) is 7.83. The lowest BCUT2D eigenvalue weighted by Gasteiger charge is -2.29. The SMILES string of the molecule is CC(=O)O[C@](C)(C(=O)Nc1ccc(Sc2ccccc2NC(N)=O)cc1Cl)C(F)(F)F. The Morgan fingerprint density at radius 2 is 1.71 bits per heavy atom. The molecular formula is C19H17ClF3N3O4S. The Kier molecular flexibility index (Phi) is 7.45. The zero-order chi connectivity index (χ0) is 23.4. The number of nitrogens with one attached hydrogen (secondary N) is 2. The van der Waals surface area contributed by atoms with Crippen LogP contribution in [0.15, 0.2) is 52.3 Å². The first-order chi connectivity index (χ1) is 14.3. The van der Waals surface area contributed by atoms with Gasteiger partial charge in [-0.3, -0.25) is 9.59 Å².